The SMILES string of the molecule is CC(C)C(=O)NCC1(c2ccc(Cl)cc2)CCOCC1. The van der Waals surface area contributed by atoms with E-state index in [0.717, 1.165) is 31.1 Å². The van der Waals surface area contributed by atoms with E-state index in [1.54, 1.807) is 0 Å². The highest BCUT2D eigenvalue weighted by Gasteiger charge is 2.34. The normalized spacial score (nSPS) is 18.0. The summed E-state index contributed by atoms with van der Waals surface area (Å²) >= 11 is 5.97. The first kappa shape index (κ1) is 15.3. The van der Waals surface area contributed by atoms with Crippen LogP contribution in [0.3, 0.4) is 0 Å². The Kier molecular flexibility index (Phi) is 5.06. The van der Waals surface area contributed by atoms with E-state index in [4.69, 9.17) is 16.3 Å². The Morgan fingerprint density at radius 3 is 2.45 bits per heavy atom. The first-order chi connectivity index (χ1) is 9.53. The molecule has 0 aliphatic carbocycles. The molecule has 20 heavy (non-hydrogen) atoms. The van der Waals surface area contributed by atoms with Gasteiger partial charge in [0.2, 0.25) is 5.91 Å². The topological polar surface area (TPSA) is 38.3 Å². The van der Waals surface area contributed by atoms with E-state index in [0.29, 0.717) is 6.54 Å². The minimum absolute atomic E-state index is 0.0112. The molecular formula is C16H22ClNO2. The largest absolute Gasteiger partial charge is 0.381 e. The number of hydrogen-bond donors (Lipinski definition) is 1. The van der Waals surface area contributed by atoms with Crippen LogP contribution >= 0.6 is 11.6 Å². The number of benzene rings is 1. The molecule has 1 N–H and O–H groups in total. The zero-order chi connectivity index (χ0) is 14.6. The van der Waals surface area contributed by atoms with Crippen LogP contribution in [0.5, 0.6) is 0 Å². The van der Waals surface area contributed by atoms with Gasteiger partial charge < -0.3 is 10.1 Å². The number of nitrogens with one attached hydrogen (secondary N) is 1. The van der Waals surface area contributed by atoms with E-state index in [2.05, 4.69) is 17.4 Å². The number of amides is 1. The predicted molar refractivity (Wildman–Crippen MR) is 81.0 cm³/mol. The van der Waals surface area contributed by atoms with Crippen molar-refractivity contribution in [3.05, 3.63) is 34.9 Å². The Bertz CT molecular complexity index is 450. The fourth-order valence-electron chi connectivity index (χ4n) is 2.59. The molecule has 1 saturated heterocycles. The molecule has 0 unspecified atom stereocenters. The number of hydrogen-bond acceptors (Lipinski definition) is 2. The summed E-state index contributed by atoms with van der Waals surface area (Å²) in [6.45, 7) is 5.96. The first-order valence-corrected chi connectivity index (χ1v) is 7.53. The first-order valence-electron chi connectivity index (χ1n) is 7.15. The number of carbonyl (C=O) groups is 1. The van der Waals surface area contributed by atoms with Crippen molar-refractivity contribution in [1.82, 2.24) is 5.32 Å². The lowest BCUT2D eigenvalue weighted by Gasteiger charge is -2.38. The van der Waals surface area contributed by atoms with E-state index in [1.165, 1.54) is 5.56 Å². The van der Waals surface area contributed by atoms with E-state index < -0.39 is 0 Å². The molecule has 0 bridgehead atoms. The summed E-state index contributed by atoms with van der Waals surface area (Å²) in [4.78, 5) is 11.8. The molecule has 0 aromatic heterocycles. The molecular weight excluding hydrogens is 274 g/mol. The Labute approximate surface area is 125 Å². The van der Waals surface area contributed by atoms with Gasteiger partial charge in [-0.15, -0.1) is 0 Å². The summed E-state index contributed by atoms with van der Waals surface area (Å²) in [7, 11) is 0. The van der Waals surface area contributed by atoms with Crippen LogP contribution in [0.4, 0.5) is 0 Å². The van der Waals surface area contributed by atoms with Gasteiger partial charge in [-0.3, -0.25) is 4.79 Å². The molecule has 1 aromatic rings. The third kappa shape index (κ3) is 3.53. The second kappa shape index (κ2) is 6.59. The summed E-state index contributed by atoms with van der Waals surface area (Å²) in [5, 5.41) is 3.82. The lowest BCUT2D eigenvalue weighted by atomic mass is 9.74. The molecule has 0 spiro atoms. The van der Waals surface area contributed by atoms with Crippen LogP contribution < -0.4 is 5.32 Å². The molecule has 1 aliphatic rings. The van der Waals surface area contributed by atoms with Gasteiger partial charge in [0.1, 0.15) is 0 Å². The quantitative estimate of drug-likeness (QED) is 0.926. The fourth-order valence-corrected chi connectivity index (χ4v) is 2.72. The van der Waals surface area contributed by atoms with Crippen molar-refractivity contribution in [2.75, 3.05) is 19.8 Å². The summed E-state index contributed by atoms with van der Waals surface area (Å²) < 4.78 is 5.49. The van der Waals surface area contributed by atoms with Gasteiger partial charge in [0, 0.05) is 36.1 Å². The predicted octanol–water partition coefficient (Wildman–Crippen LogP) is 3.16. The van der Waals surface area contributed by atoms with Crippen molar-refractivity contribution < 1.29 is 9.53 Å². The van der Waals surface area contributed by atoms with Crippen molar-refractivity contribution in [3.63, 3.8) is 0 Å². The van der Waals surface area contributed by atoms with Gasteiger partial charge >= 0.3 is 0 Å². The van der Waals surface area contributed by atoms with Gasteiger partial charge in [0.25, 0.3) is 0 Å². The molecule has 1 amide bonds. The number of carbonyl (C=O) groups excluding carboxylic acids is 1. The molecule has 1 aliphatic heterocycles. The van der Waals surface area contributed by atoms with Crippen molar-refractivity contribution in [2.45, 2.75) is 32.1 Å². The molecule has 0 saturated carbocycles. The zero-order valence-corrected chi connectivity index (χ0v) is 12.9. The van der Waals surface area contributed by atoms with Gasteiger partial charge in [-0.05, 0) is 30.5 Å². The molecule has 0 atom stereocenters. The highest BCUT2D eigenvalue weighted by atomic mass is 35.5. The summed E-state index contributed by atoms with van der Waals surface area (Å²) in [6.07, 6.45) is 1.85. The van der Waals surface area contributed by atoms with Crippen LogP contribution in [0.25, 0.3) is 0 Å². The second-order valence-corrected chi connectivity index (χ2v) is 6.21. The highest BCUT2D eigenvalue weighted by Crippen LogP contribution is 2.34. The summed E-state index contributed by atoms with van der Waals surface area (Å²) in [6, 6.07) is 7.96. The minimum atomic E-state index is -0.0343. The standard InChI is InChI=1S/C16H22ClNO2/c1-12(2)15(19)18-11-16(7-9-20-10-8-16)13-3-5-14(17)6-4-13/h3-6,12H,7-11H2,1-2H3,(H,18,19). The van der Waals surface area contributed by atoms with E-state index in [-0.39, 0.29) is 17.2 Å². The third-order valence-electron chi connectivity index (χ3n) is 4.03. The smallest absolute Gasteiger partial charge is 0.222 e. The second-order valence-electron chi connectivity index (χ2n) is 5.77. The van der Waals surface area contributed by atoms with Crippen molar-refractivity contribution in [3.8, 4) is 0 Å². The molecule has 1 aromatic carbocycles. The maximum atomic E-state index is 11.8. The van der Waals surface area contributed by atoms with E-state index in [9.17, 15) is 4.79 Å². The lowest BCUT2D eigenvalue weighted by molar-refractivity contribution is -0.124. The number of ether oxygens (including phenoxy) is 1. The Hall–Kier alpha value is -1.06. The Morgan fingerprint density at radius 2 is 1.90 bits per heavy atom. The molecule has 0 radical (unpaired) electrons. The monoisotopic (exact) mass is 295 g/mol. The van der Waals surface area contributed by atoms with Crippen molar-refractivity contribution >= 4 is 17.5 Å². The highest BCUT2D eigenvalue weighted by molar-refractivity contribution is 6.30. The minimum Gasteiger partial charge on any atom is -0.381 e. The van der Waals surface area contributed by atoms with Crippen LogP contribution in [0.2, 0.25) is 5.02 Å². The van der Waals surface area contributed by atoms with Gasteiger partial charge in [0.15, 0.2) is 0 Å². The maximum Gasteiger partial charge on any atom is 0.222 e. The van der Waals surface area contributed by atoms with Crippen LogP contribution in [0.15, 0.2) is 24.3 Å². The molecule has 1 fully saturated rings. The Morgan fingerprint density at radius 1 is 1.30 bits per heavy atom. The molecule has 3 nitrogen and oxygen atoms in total. The van der Waals surface area contributed by atoms with Crippen LogP contribution in [-0.4, -0.2) is 25.7 Å². The van der Waals surface area contributed by atoms with Gasteiger partial charge in [-0.2, -0.15) is 0 Å². The maximum absolute atomic E-state index is 11.8. The average molecular weight is 296 g/mol. The van der Waals surface area contributed by atoms with Crippen LogP contribution in [-0.2, 0) is 14.9 Å². The summed E-state index contributed by atoms with van der Waals surface area (Å²) in [5.74, 6) is 0.113. The van der Waals surface area contributed by atoms with Gasteiger partial charge in [-0.25, -0.2) is 0 Å². The van der Waals surface area contributed by atoms with Gasteiger partial charge in [0.05, 0.1) is 0 Å². The van der Waals surface area contributed by atoms with Crippen molar-refractivity contribution in [2.24, 2.45) is 5.92 Å². The van der Waals surface area contributed by atoms with Crippen LogP contribution in [0.1, 0.15) is 32.3 Å². The number of rotatable bonds is 4. The molecule has 110 valence electrons. The molecule has 1 heterocycles. The van der Waals surface area contributed by atoms with Crippen LogP contribution in [0, 0.1) is 5.92 Å². The van der Waals surface area contributed by atoms with E-state index >= 15 is 0 Å². The summed E-state index contributed by atoms with van der Waals surface area (Å²) in [5.41, 5.74) is 1.20. The lowest BCUT2D eigenvalue weighted by Crippen LogP contribution is -2.45. The number of halogens is 1. The Balaban J connectivity index is 2.17. The van der Waals surface area contributed by atoms with E-state index in [1.807, 2.05) is 26.0 Å². The fraction of sp³-hybridized carbons (Fsp3) is 0.562. The molecule has 4 heteroatoms. The van der Waals surface area contributed by atoms with Gasteiger partial charge in [-0.1, -0.05) is 37.6 Å². The average Bonchev–Trinajstić information content (AvgIpc) is 2.46. The third-order valence-corrected chi connectivity index (χ3v) is 4.28. The molecule has 2 rings (SSSR count). The van der Waals surface area contributed by atoms with Crippen molar-refractivity contribution in [1.29, 1.82) is 0 Å². The zero-order valence-electron chi connectivity index (χ0n) is 12.1.